The molecule has 0 spiro atoms. The van der Waals surface area contributed by atoms with E-state index in [0.717, 1.165) is 6.20 Å². The lowest BCUT2D eigenvalue weighted by Crippen LogP contribution is -1.99. The topological polar surface area (TPSA) is 38.9 Å². The standard InChI is InChI=1S/C6H4Cl2F2N2/c7-2-1-12-5(6(9)10)4(11)3(2)8/h1,6H,11H2. The van der Waals surface area contributed by atoms with Crippen LogP contribution in [0.2, 0.25) is 10.0 Å². The number of pyridine rings is 1. The summed E-state index contributed by atoms with van der Waals surface area (Å²) < 4.78 is 24.2. The largest absolute Gasteiger partial charge is 0.396 e. The third kappa shape index (κ3) is 1.59. The molecule has 0 bridgehead atoms. The Hall–Kier alpha value is -0.610. The summed E-state index contributed by atoms with van der Waals surface area (Å²) >= 11 is 11.0. The minimum atomic E-state index is -2.74. The minimum absolute atomic E-state index is 0.0681. The van der Waals surface area contributed by atoms with Gasteiger partial charge in [0.1, 0.15) is 5.69 Å². The van der Waals surface area contributed by atoms with Crippen molar-refractivity contribution in [2.45, 2.75) is 6.43 Å². The van der Waals surface area contributed by atoms with Gasteiger partial charge in [0.05, 0.1) is 15.7 Å². The van der Waals surface area contributed by atoms with Crippen molar-refractivity contribution < 1.29 is 8.78 Å². The van der Waals surface area contributed by atoms with E-state index < -0.39 is 12.1 Å². The quantitative estimate of drug-likeness (QED) is 0.778. The molecule has 0 unspecified atom stereocenters. The van der Waals surface area contributed by atoms with Crippen molar-refractivity contribution in [3.05, 3.63) is 21.9 Å². The molecule has 1 rings (SSSR count). The molecule has 0 atom stereocenters. The van der Waals surface area contributed by atoms with Gasteiger partial charge in [0, 0.05) is 6.20 Å². The fourth-order valence-corrected chi connectivity index (χ4v) is 0.964. The van der Waals surface area contributed by atoms with Crippen LogP contribution in [0.25, 0.3) is 0 Å². The van der Waals surface area contributed by atoms with Crippen molar-refractivity contribution in [1.29, 1.82) is 0 Å². The van der Waals surface area contributed by atoms with Crippen LogP contribution >= 0.6 is 23.2 Å². The minimum Gasteiger partial charge on any atom is -0.396 e. The first-order valence-corrected chi connectivity index (χ1v) is 3.67. The van der Waals surface area contributed by atoms with E-state index in [1.165, 1.54) is 0 Å². The Morgan fingerprint density at radius 3 is 2.50 bits per heavy atom. The molecule has 0 aromatic carbocycles. The molecular weight excluding hydrogens is 209 g/mol. The molecule has 6 heteroatoms. The van der Waals surface area contributed by atoms with E-state index in [4.69, 9.17) is 28.9 Å². The molecule has 1 heterocycles. The fraction of sp³-hybridized carbons (Fsp3) is 0.167. The molecule has 0 radical (unpaired) electrons. The van der Waals surface area contributed by atoms with Gasteiger partial charge in [-0.2, -0.15) is 0 Å². The number of aromatic nitrogens is 1. The van der Waals surface area contributed by atoms with Crippen molar-refractivity contribution in [1.82, 2.24) is 4.98 Å². The Kier molecular flexibility index (Phi) is 2.69. The van der Waals surface area contributed by atoms with Crippen molar-refractivity contribution in [2.75, 3.05) is 5.73 Å². The van der Waals surface area contributed by atoms with Crippen LogP contribution in [0, 0.1) is 0 Å². The Morgan fingerprint density at radius 1 is 1.42 bits per heavy atom. The predicted molar refractivity (Wildman–Crippen MR) is 43.6 cm³/mol. The lowest BCUT2D eigenvalue weighted by molar-refractivity contribution is 0.147. The van der Waals surface area contributed by atoms with Gasteiger partial charge < -0.3 is 5.73 Å². The average molecular weight is 213 g/mol. The smallest absolute Gasteiger partial charge is 0.282 e. The Bertz CT molecular complexity index is 304. The number of nitrogen functional groups attached to an aromatic ring is 1. The zero-order valence-electron chi connectivity index (χ0n) is 5.69. The summed E-state index contributed by atoms with van der Waals surface area (Å²) in [6, 6.07) is 0. The van der Waals surface area contributed by atoms with Crippen LogP contribution in [0.5, 0.6) is 0 Å². The number of nitrogens with zero attached hydrogens (tertiary/aromatic N) is 1. The van der Waals surface area contributed by atoms with Gasteiger partial charge in [-0.3, -0.25) is 4.98 Å². The van der Waals surface area contributed by atoms with E-state index in [-0.39, 0.29) is 15.7 Å². The van der Waals surface area contributed by atoms with E-state index in [2.05, 4.69) is 4.98 Å². The van der Waals surface area contributed by atoms with Crippen LogP contribution in [-0.2, 0) is 0 Å². The normalized spacial score (nSPS) is 10.8. The van der Waals surface area contributed by atoms with E-state index in [1.54, 1.807) is 0 Å². The second-order valence-electron chi connectivity index (χ2n) is 2.02. The molecule has 0 saturated carbocycles. The van der Waals surface area contributed by atoms with Crippen LogP contribution < -0.4 is 5.73 Å². The lowest BCUT2D eigenvalue weighted by Gasteiger charge is -2.05. The molecule has 2 N–H and O–H groups in total. The van der Waals surface area contributed by atoms with Gasteiger partial charge >= 0.3 is 0 Å². The monoisotopic (exact) mass is 212 g/mol. The van der Waals surface area contributed by atoms with Crippen LogP contribution in [0.15, 0.2) is 6.20 Å². The summed E-state index contributed by atoms with van der Waals surface area (Å²) in [5.41, 5.74) is 4.42. The molecule has 0 aliphatic heterocycles. The van der Waals surface area contributed by atoms with Crippen LogP contribution in [-0.4, -0.2) is 4.98 Å². The molecule has 66 valence electrons. The van der Waals surface area contributed by atoms with E-state index >= 15 is 0 Å². The third-order valence-electron chi connectivity index (χ3n) is 1.25. The highest BCUT2D eigenvalue weighted by atomic mass is 35.5. The number of nitrogens with two attached hydrogens (primary N) is 1. The Labute approximate surface area is 77.3 Å². The van der Waals surface area contributed by atoms with Crippen molar-refractivity contribution in [3.63, 3.8) is 0 Å². The Morgan fingerprint density at radius 2 is 2.00 bits per heavy atom. The molecule has 2 nitrogen and oxygen atoms in total. The molecule has 0 fully saturated rings. The van der Waals surface area contributed by atoms with Crippen molar-refractivity contribution in [2.24, 2.45) is 0 Å². The van der Waals surface area contributed by atoms with E-state index in [9.17, 15) is 8.78 Å². The lowest BCUT2D eigenvalue weighted by atomic mass is 10.3. The number of rotatable bonds is 1. The van der Waals surface area contributed by atoms with Gasteiger partial charge in [0.2, 0.25) is 0 Å². The van der Waals surface area contributed by atoms with Crippen LogP contribution in [0.4, 0.5) is 14.5 Å². The van der Waals surface area contributed by atoms with E-state index in [1.807, 2.05) is 0 Å². The first kappa shape index (κ1) is 9.48. The highest BCUT2D eigenvalue weighted by molar-refractivity contribution is 6.43. The molecule has 0 saturated heterocycles. The van der Waals surface area contributed by atoms with E-state index in [0.29, 0.717) is 0 Å². The number of alkyl halides is 2. The average Bonchev–Trinajstić information content (AvgIpc) is 2.00. The zero-order chi connectivity index (χ0) is 9.30. The summed E-state index contributed by atoms with van der Waals surface area (Å²) in [5, 5.41) is -0.0134. The summed E-state index contributed by atoms with van der Waals surface area (Å²) in [6.07, 6.45) is -1.69. The van der Waals surface area contributed by atoms with Crippen LogP contribution in [0.3, 0.4) is 0 Å². The maximum Gasteiger partial charge on any atom is 0.282 e. The predicted octanol–water partition coefficient (Wildman–Crippen LogP) is 2.91. The summed E-state index contributed by atoms with van der Waals surface area (Å²) in [6.45, 7) is 0. The van der Waals surface area contributed by atoms with Crippen LogP contribution in [0.1, 0.15) is 12.1 Å². The second kappa shape index (κ2) is 3.41. The molecule has 1 aromatic heterocycles. The summed E-state index contributed by atoms with van der Waals surface area (Å²) in [5.74, 6) is 0. The number of anilines is 1. The van der Waals surface area contributed by atoms with Gasteiger partial charge in [-0.15, -0.1) is 0 Å². The molecule has 12 heavy (non-hydrogen) atoms. The van der Waals surface area contributed by atoms with Gasteiger partial charge in [0.15, 0.2) is 0 Å². The van der Waals surface area contributed by atoms with Crippen molar-refractivity contribution >= 4 is 28.9 Å². The number of halogens is 4. The third-order valence-corrected chi connectivity index (χ3v) is 2.04. The number of hydrogen-bond acceptors (Lipinski definition) is 2. The van der Waals surface area contributed by atoms with Gasteiger partial charge in [-0.25, -0.2) is 8.78 Å². The highest BCUT2D eigenvalue weighted by Gasteiger charge is 2.16. The fourth-order valence-electron chi connectivity index (χ4n) is 0.667. The maximum absolute atomic E-state index is 12.1. The zero-order valence-corrected chi connectivity index (χ0v) is 7.20. The van der Waals surface area contributed by atoms with Crippen molar-refractivity contribution in [3.8, 4) is 0 Å². The molecular formula is C6H4Cl2F2N2. The molecule has 0 aliphatic carbocycles. The Balaban J connectivity index is 3.27. The highest BCUT2D eigenvalue weighted by Crippen LogP contribution is 2.33. The molecule has 1 aromatic rings. The SMILES string of the molecule is Nc1c(C(F)F)ncc(Cl)c1Cl. The maximum atomic E-state index is 12.1. The molecule has 0 amide bonds. The molecule has 0 aliphatic rings. The second-order valence-corrected chi connectivity index (χ2v) is 2.80. The first-order valence-electron chi connectivity index (χ1n) is 2.91. The van der Waals surface area contributed by atoms with Gasteiger partial charge in [0.25, 0.3) is 6.43 Å². The summed E-state index contributed by atoms with van der Waals surface area (Å²) in [7, 11) is 0. The van der Waals surface area contributed by atoms with Gasteiger partial charge in [-0.1, -0.05) is 23.2 Å². The van der Waals surface area contributed by atoms with Gasteiger partial charge in [-0.05, 0) is 0 Å². The summed E-state index contributed by atoms with van der Waals surface area (Å²) in [4.78, 5) is 3.35. The number of hydrogen-bond donors (Lipinski definition) is 1. The first-order chi connectivity index (χ1) is 5.54.